The lowest BCUT2D eigenvalue weighted by molar-refractivity contribution is -0.129. The van der Waals surface area contributed by atoms with Gasteiger partial charge in [0, 0.05) is 57.9 Å². The van der Waals surface area contributed by atoms with Gasteiger partial charge in [-0.1, -0.05) is 24.3 Å². The van der Waals surface area contributed by atoms with Crippen LogP contribution >= 0.6 is 0 Å². The Balaban J connectivity index is 0.697. The number of ketones is 1. The normalized spacial score (nSPS) is 20.4. The summed E-state index contributed by atoms with van der Waals surface area (Å²) in [6, 6.07) is 20.9. The summed E-state index contributed by atoms with van der Waals surface area (Å²) in [5, 5.41) is 24.1. The summed E-state index contributed by atoms with van der Waals surface area (Å²) in [7, 11) is 0. The van der Waals surface area contributed by atoms with Crippen molar-refractivity contribution in [1.29, 1.82) is 0 Å². The second-order valence-electron chi connectivity index (χ2n) is 16.2. The largest absolute Gasteiger partial charge is 0.382 e. The van der Waals surface area contributed by atoms with Crippen molar-refractivity contribution in [1.82, 2.24) is 40.0 Å². The number of nitrogens with one attached hydrogen (secondary N) is 3. The molecule has 4 N–H and O–H groups in total. The van der Waals surface area contributed by atoms with Gasteiger partial charge in [0.1, 0.15) is 29.4 Å². The van der Waals surface area contributed by atoms with Crippen molar-refractivity contribution in [2.45, 2.75) is 44.0 Å². The molecule has 3 atom stereocenters. The molecule has 9 rings (SSSR count). The molecule has 3 amide bonds. The van der Waals surface area contributed by atoms with Gasteiger partial charge in [-0.15, -0.1) is 5.10 Å². The number of aliphatic hydroxyl groups excluding tert-OH is 1. The SMILES string of the molecule is O=C(CNCCOCCNc1cccc2c1C(=O)N(C1CCC(=O)NC1O)C2=O)CN1CCN(c2cccc(-c3cnc4ccc(N5CCC[C@@H]5c5cccc(F)c5)nn34)n2)CC1. The Morgan fingerprint density at radius 2 is 1.73 bits per heavy atom. The van der Waals surface area contributed by atoms with Crippen LogP contribution in [0.2, 0.25) is 0 Å². The van der Waals surface area contributed by atoms with E-state index < -0.39 is 24.1 Å². The van der Waals surface area contributed by atoms with Crippen LogP contribution in [0.4, 0.5) is 21.7 Å². The number of halogens is 1. The fourth-order valence-corrected chi connectivity index (χ4v) is 9.00. The lowest BCUT2D eigenvalue weighted by atomic mass is 10.0. The van der Waals surface area contributed by atoms with E-state index in [2.05, 4.69) is 35.6 Å². The smallest absolute Gasteiger partial charge is 0.264 e. The number of hydrogen-bond acceptors (Lipinski definition) is 14. The van der Waals surface area contributed by atoms with Crippen molar-refractivity contribution in [2.24, 2.45) is 0 Å². The number of carbonyl (C=O) groups excluding carboxylic acids is 4. The zero-order valence-corrected chi connectivity index (χ0v) is 34.8. The number of piperazine rings is 1. The number of ether oxygens (including phenoxy) is 1. The Hall–Kier alpha value is -6.34. The van der Waals surface area contributed by atoms with Crippen LogP contribution in [0, 0.1) is 5.82 Å². The lowest BCUT2D eigenvalue weighted by Gasteiger charge is -2.35. The summed E-state index contributed by atoms with van der Waals surface area (Å²) in [4.78, 5) is 68.2. The van der Waals surface area contributed by atoms with Gasteiger partial charge in [0.15, 0.2) is 11.4 Å². The van der Waals surface area contributed by atoms with Crippen LogP contribution in [-0.4, -0.2) is 142 Å². The maximum Gasteiger partial charge on any atom is 0.264 e. The number of aliphatic hydroxyl groups is 1. The molecule has 4 aliphatic rings. The molecule has 18 heteroatoms. The second-order valence-corrected chi connectivity index (χ2v) is 16.2. The third-order valence-corrected chi connectivity index (χ3v) is 12.1. The number of pyridine rings is 1. The molecular weight excluding hydrogens is 810 g/mol. The topological polar surface area (TPSA) is 190 Å². The highest BCUT2D eigenvalue weighted by molar-refractivity contribution is 6.24. The van der Waals surface area contributed by atoms with Gasteiger partial charge in [-0.05, 0) is 73.4 Å². The van der Waals surface area contributed by atoms with Gasteiger partial charge in [0.2, 0.25) is 5.91 Å². The third-order valence-electron chi connectivity index (χ3n) is 12.1. The molecule has 63 heavy (non-hydrogen) atoms. The van der Waals surface area contributed by atoms with Gasteiger partial charge in [0.25, 0.3) is 11.8 Å². The Morgan fingerprint density at radius 1 is 0.905 bits per heavy atom. The van der Waals surface area contributed by atoms with E-state index in [1.165, 1.54) is 6.07 Å². The van der Waals surface area contributed by atoms with E-state index in [0.717, 1.165) is 79.1 Å². The van der Waals surface area contributed by atoms with E-state index in [9.17, 15) is 28.7 Å². The Bertz CT molecular complexity index is 2510. The van der Waals surface area contributed by atoms with E-state index >= 15 is 0 Å². The number of nitrogens with zero attached hydrogens (tertiary/aromatic N) is 8. The van der Waals surface area contributed by atoms with Gasteiger partial charge in [-0.2, -0.15) is 0 Å². The zero-order chi connectivity index (χ0) is 43.5. The molecule has 5 aromatic rings. The minimum absolute atomic E-state index is 0.0477. The molecular formula is C45H50FN11O6. The minimum atomic E-state index is -1.32. The summed E-state index contributed by atoms with van der Waals surface area (Å²) in [5.41, 5.74) is 4.18. The molecule has 328 valence electrons. The predicted octanol–water partition coefficient (Wildman–Crippen LogP) is 2.87. The average molecular weight is 860 g/mol. The highest BCUT2D eigenvalue weighted by Gasteiger charge is 2.45. The van der Waals surface area contributed by atoms with Crippen molar-refractivity contribution in [3.05, 3.63) is 102 Å². The van der Waals surface area contributed by atoms with E-state index in [1.807, 2.05) is 40.9 Å². The van der Waals surface area contributed by atoms with Crippen LogP contribution in [-0.2, 0) is 14.3 Å². The highest BCUT2D eigenvalue weighted by atomic mass is 19.1. The van der Waals surface area contributed by atoms with Crippen LogP contribution in [0.1, 0.15) is 58.0 Å². The first-order valence-electron chi connectivity index (χ1n) is 21.6. The number of aromatic nitrogens is 4. The fraction of sp³-hybridized carbons (Fsp3) is 0.400. The molecule has 4 aliphatic heterocycles. The minimum Gasteiger partial charge on any atom is -0.382 e. The summed E-state index contributed by atoms with van der Waals surface area (Å²) in [6.45, 7) is 5.87. The van der Waals surface area contributed by atoms with E-state index in [0.29, 0.717) is 44.2 Å². The van der Waals surface area contributed by atoms with Crippen LogP contribution < -0.4 is 25.8 Å². The van der Waals surface area contributed by atoms with Crippen molar-refractivity contribution in [2.75, 3.05) is 87.2 Å². The van der Waals surface area contributed by atoms with Crippen LogP contribution in [0.3, 0.4) is 0 Å². The van der Waals surface area contributed by atoms with Crippen LogP contribution in [0.15, 0.2) is 79.0 Å². The Morgan fingerprint density at radius 3 is 2.57 bits per heavy atom. The molecule has 3 aromatic heterocycles. The number of imide groups is 1. The monoisotopic (exact) mass is 859 g/mol. The number of Topliss-reactive ketones (excluding diaryl/α,β-unsaturated/α-hetero) is 1. The number of amides is 3. The van der Waals surface area contributed by atoms with Gasteiger partial charge < -0.3 is 35.6 Å². The first-order valence-corrected chi connectivity index (χ1v) is 21.6. The van der Waals surface area contributed by atoms with Gasteiger partial charge in [-0.3, -0.25) is 29.0 Å². The molecule has 3 fully saturated rings. The molecule has 2 aromatic carbocycles. The fourth-order valence-electron chi connectivity index (χ4n) is 9.00. The zero-order valence-electron chi connectivity index (χ0n) is 34.8. The lowest BCUT2D eigenvalue weighted by Crippen LogP contribution is -2.57. The third kappa shape index (κ3) is 8.97. The summed E-state index contributed by atoms with van der Waals surface area (Å²) in [6.07, 6.45) is 2.70. The molecule has 0 bridgehead atoms. The number of hydrogen-bond donors (Lipinski definition) is 4. The molecule has 7 heterocycles. The second kappa shape index (κ2) is 18.6. The Labute approximate surface area is 363 Å². The molecule has 0 saturated carbocycles. The number of benzene rings is 2. The summed E-state index contributed by atoms with van der Waals surface area (Å²) >= 11 is 0. The first kappa shape index (κ1) is 42.0. The predicted molar refractivity (Wildman–Crippen MR) is 232 cm³/mol. The highest BCUT2D eigenvalue weighted by Crippen LogP contribution is 2.36. The van der Waals surface area contributed by atoms with Crippen molar-refractivity contribution < 1.29 is 33.4 Å². The van der Waals surface area contributed by atoms with Gasteiger partial charge in [-0.25, -0.2) is 18.9 Å². The molecule has 0 aliphatic carbocycles. The van der Waals surface area contributed by atoms with Crippen LogP contribution in [0.5, 0.6) is 0 Å². The average Bonchev–Trinajstić information content (AvgIpc) is 4.02. The number of anilines is 3. The molecule has 17 nitrogen and oxygen atoms in total. The van der Waals surface area contributed by atoms with E-state index in [4.69, 9.17) is 14.8 Å². The van der Waals surface area contributed by atoms with Gasteiger partial charge >= 0.3 is 0 Å². The van der Waals surface area contributed by atoms with Crippen LogP contribution in [0.25, 0.3) is 17.0 Å². The number of rotatable bonds is 16. The maximum atomic E-state index is 14.1. The van der Waals surface area contributed by atoms with Crippen molar-refractivity contribution >= 4 is 46.5 Å². The molecule has 3 saturated heterocycles. The van der Waals surface area contributed by atoms with Crippen molar-refractivity contribution in [3.8, 4) is 11.4 Å². The first-order chi connectivity index (χ1) is 30.7. The van der Waals surface area contributed by atoms with Gasteiger partial charge in [0.05, 0.1) is 61.4 Å². The molecule has 0 radical (unpaired) electrons. The molecule has 0 spiro atoms. The summed E-state index contributed by atoms with van der Waals surface area (Å²) in [5.74, 6) is 0.179. The number of carbonyl (C=O) groups is 4. The van der Waals surface area contributed by atoms with E-state index in [-0.39, 0.29) is 54.1 Å². The Kier molecular flexibility index (Phi) is 12.4. The maximum absolute atomic E-state index is 14.1. The standard InChI is InChI=1S/C45H50FN11O6/c46-30-6-1-5-29(25-30)35-10-4-18-55(35)40-14-13-38-49-27-37(57(38)52-40)33-8-3-11-39(50-33)54-21-19-53(20-22-54)28-31(58)26-47-16-23-63-24-17-48-34-9-2-7-32-42(34)45(62)56(44(32)61)36-12-15-41(59)51-43(36)60/h1-3,5-9,11,13-14,25,27,35-36,43,47-48,60H,4,10,12,15-24,26,28H2,(H,51,59)/t35-,36?,43?/m1/s1. The van der Waals surface area contributed by atoms with E-state index in [1.54, 1.807) is 36.5 Å². The number of imidazole rings is 1. The number of fused-ring (bicyclic) bond motifs is 2. The quantitative estimate of drug-likeness (QED) is 0.0838. The van der Waals surface area contributed by atoms with Crippen molar-refractivity contribution in [3.63, 3.8) is 0 Å². The number of piperidine rings is 1. The summed E-state index contributed by atoms with van der Waals surface area (Å²) < 4.78 is 21.7. The molecule has 2 unspecified atom stereocenters.